The second-order valence-corrected chi connectivity index (χ2v) is 8.99. The number of esters is 1. The molecule has 1 aromatic heterocycles. The second-order valence-electron chi connectivity index (χ2n) is 7.19. The summed E-state index contributed by atoms with van der Waals surface area (Å²) in [5, 5.41) is 4.55. The van der Waals surface area contributed by atoms with E-state index in [4.69, 9.17) is 4.74 Å². The fourth-order valence-electron chi connectivity index (χ4n) is 3.42. The highest BCUT2D eigenvalue weighted by atomic mass is 32.2. The van der Waals surface area contributed by atoms with Crippen molar-refractivity contribution in [2.75, 3.05) is 31.3 Å². The summed E-state index contributed by atoms with van der Waals surface area (Å²) in [6, 6.07) is 8.58. The highest BCUT2D eigenvalue weighted by molar-refractivity contribution is 7.98. The molecule has 0 bridgehead atoms. The molecule has 1 atom stereocenters. The molecule has 3 rings (SSSR count). The first kappa shape index (κ1) is 23.0. The predicted molar refractivity (Wildman–Crippen MR) is 121 cm³/mol. The maximum Gasteiger partial charge on any atom is 0.311 e. The van der Waals surface area contributed by atoms with E-state index in [0.717, 1.165) is 4.90 Å². The van der Waals surface area contributed by atoms with Gasteiger partial charge in [-0.25, -0.2) is 0 Å². The Labute approximate surface area is 189 Å². The number of Topliss-reactive ketones (excluding diaryl/α,β-unsaturated/α-hetero) is 1. The Balaban J connectivity index is 1.58. The van der Waals surface area contributed by atoms with Crippen LogP contribution in [0, 0.1) is 5.92 Å². The molecule has 2 aromatic rings. The number of hydrogen-bond donors (Lipinski definition) is 1. The van der Waals surface area contributed by atoms with Crippen LogP contribution >= 0.6 is 23.1 Å². The lowest BCUT2D eigenvalue weighted by atomic mass is 9.98. The lowest BCUT2D eigenvalue weighted by molar-refractivity contribution is -0.148. The Morgan fingerprint density at radius 3 is 2.74 bits per heavy atom. The minimum atomic E-state index is -0.472. The van der Waals surface area contributed by atoms with Gasteiger partial charge < -0.3 is 15.0 Å². The molecule has 1 fully saturated rings. The highest BCUT2D eigenvalue weighted by Gasteiger charge is 2.30. The summed E-state index contributed by atoms with van der Waals surface area (Å²) in [5.74, 6) is -1.58. The summed E-state index contributed by atoms with van der Waals surface area (Å²) in [5.41, 5.74) is 0.902. The number of hydrogen-bond acceptors (Lipinski definition) is 7. The largest absolute Gasteiger partial charge is 0.457 e. The average Bonchev–Trinajstić information content (AvgIpc) is 3.31. The van der Waals surface area contributed by atoms with Crippen molar-refractivity contribution in [3.8, 4) is 0 Å². The number of benzene rings is 1. The monoisotopic (exact) mass is 460 g/mol. The number of ether oxygens (including phenoxy) is 1. The Kier molecular flexibility index (Phi) is 7.86. The number of rotatable bonds is 7. The van der Waals surface area contributed by atoms with Crippen LogP contribution < -0.4 is 5.32 Å². The van der Waals surface area contributed by atoms with E-state index in [0.29, 0.717) is 42.1 Å². The van der Waals surface area contributed by atoms with Crippen LogP contribution in [-0.4, -0.2) is 54.4 Å². The standard InChI is InChI=1S/C22H24N2O5S2/c1-14(25)23-17-11-15(7-8-19(17)30-2)18(26)13-29-22(28)16-5-3-9-24(12-16)21(27)20-6-4-10-31-20/h4,6-8,10-11,16H,3,5,9,12-13H2,1-2H3,(H,23,25). The number of piperidine rings is 1. The molecule has 9 heteroatoms. The molecule has 2 heterocycles. The van der Waals surface area contributed by atoms with Crippen molar-refractivity contribution in [3.63, 3.8) is 0 Å². The first-order valence-corrected chi connectivity index (χ1v) is 12.0. The van der Waals surface area contributed by atoms with E-state index < -0.39 is 11.9 Å². The molecule has 7 nitrogen and oxygen atoms in total. The minimum absolute atomic E-state index is 0.0806. The summed E-state index contributed by atoms with van der Waals surface area (Å²) < 4.78 is 5.28. The summed E-state index contributed by atoms with van der Waals surface area (Å²) in [6.45, 7) is 1.91. The number of likely N-dealkylation sites (tertiary alicyclic amines) is 1. The smallest absolute Gasteiger partial charge is 0.311 e. The molecule has 31 heavy (non-hydrogen) atoms. The first-order valence-electron chi connectivity index (χ1n) is 9.87. The Hall–Kier alpha value is -2.65. The molecule has 0 saturated carbocycles. The Morgan fingerprint density at radius 2 is 2.06 bits per heavy atom. The van der Waals surface area contributed by atoms with Crippen molar-refractivity contribution in [2.45, 2.75) is 24.7 Å². The van der Waals surface area contributed by atoms with Gasteiger partial charge in [0.05, 0.1) is 16.5 Å². The van der Waals surface area contributed by atoms with Crippen LogP contribution in [0.25, 0.3) is 0 Å². The van der Waals surface area contributed by atoms with Crippen LogP contribution in [0.4, 0.5) is 5.69 Å². The maximum atomic E-state index is 12.5. The third-order valence-corrected chi connectivity index (χ3v) is 6.61. The van der Waals surface area contributed by atoms with Gasteiger partial charge in [-0.05, 0) is 42.7 Å². The molecule has 1 aromatic carbocycles. The number of carbonyl (C=O) groups is 4. The number of thiophene rings is 1. The lowest BCUT2D eigenvalue weighted by Gasteiger charge is -2.31. The van der Waals surface area contributed by atoms with Crippen molar-refractivity contribution in [1.82, 2.24) is 4.90 Å². The quantitative estimate of drug-likeness (QED) is 0.385. The van der Waals surface area contributed by atoms with Crippen molar-refractivity contribution >= 4 is 52.4 Å². The summed E-state index contributed by atoms with van der Waals surface area (Å²) >= 11 is 2.83. The molecular weight excluding hydrogens is 436 g/mol. The van der Waals surface area contributed by atoms with Crippen LogP contribution in [0.1, 0.15) is 39.8 Å². The number of nitrogens with one attached hydrogen (secondary N) is 1. The minimum Gasteiger partial charge on any atom is -0.457 e. The van der Waals surface area contributed by atoms with Gasteiger partial charge in [0.1, 0.15) is 0 Å². The van der Waals surface area contributed by atoms with Crippen LogP contribution in [0.5, 0.6) is 0 Å². The van der Waals surface area contributed by atoms with Gasteiger partial charge in [-0.15, -0.1) is 23.1 Å². The normalized spacial score (nSPS) is 15.9. The number of carbonyl (C=O) groups excluding carboxylic acids is 4. The summed E-state index contributed by atoms with van der Waals surface area (Å²) in [6.07, 6.45) is 3.21. The number of thioether (sulfide) groups is 1. The summed E-state index contributed by atoms with van der Waals surface area (Å²) in [7, 11) is 0. The third-order valence-electron chi connectivity index (χ3n) is 4.95. The lowest BCUT2D eigenvalue weighted by Crippen LogP contribution is -2.42. The van der Waals surface area contributed by atoms with E-state index in [1.54, 1.807) is 29.2 Å². The highest BCUT2D eigenvalue weighted by Crippen LogP contribution is 2.27. The molecule has 2 amide bonds. The van der Waals surface area contributed by atoms with Gasteiger partial charge in [0.15, 0.2) is 12.4 Å². The van der Waals surface area contributed by atoms with Crippen LogP contribution in [-0.2, 0) is 14.3 Å². The van der Waals surface area contributed by atoms with Gasteiger partial charge in [-0.3, -0.25) is 19.2 Å². The zero-order valence-corrected chi connectivity index (χ0v) is 19.0. The fraction of sp³-hybridized carbons (Fsp3) is 0.364. The fourth-order valence-corrected chi connectivity index (χ4v) is 4.64. The molecular formula is C22H24N2O5S2. The SMILES string of the molecule is CSc1ccc(C(=O)COC(=O)C2CCCN(C(=O)c3cccs3)C2)cc1NC(C)=O. The summed E-state index contributed by atoms with van der Waals surface area (Å²) in [4.78, 5) is 52.2. The van der Waals surface area contributed by atoms with Gasteiger partial charge in [0.25, 0.3) is 5.91 Å². The third kappa shape index (κ3) is 5.95. The van der Waals surface area contributed by atoms with Gasteiger partial charge in [0.2, 0.25) is 5.91 Å². The van der Waals surface area contributed by atoms with E-state index in [2.05, 4.69) is 5.32 Å². The van der Waals surface area contributed by atoms with Gasteiger partial charge in [-0.1, -0.05) is 12.1 Å². The molecule has 164 valence electrons. The van der Waals surface area contributed by atoms with Crippen LogP contribution in [0.15, 0.2) is 40.6 Å². The van der Waals surface area contributed by atoms with E-state index >= 15 is 0 Å². The Morgan fingerprint density at radius 1 is 1.26 bits per heavy atom. The topological polar surface area (TPSA) is 92.8 Å². The molecule has 0 spiro atoms. The van der Waals surface area contributed by atoms with Crippen LogP contribution in [0.2, 0.25) is 0 Å². The number of anilines is 1. The van der Waals surface area contributed by atoms with Crippen molar-refractivity contribution in [3.05, 3.63) is 46.2 Å². The van der Waals surface area contributed by atoms with E-state index in [9.17, 15) is 19.2 Å². The van der Waals surface area contributed by atoms with Crippen molar-refractivity contribution < 1.29 is 23.9 Å². The zero-order chi connectivity index (χ0) is 22.4. The molecule has 0 aliphatic carbocycles. The number of nitrogens with zero attached hydrogens (tertiary/aromatic N) is 1. The van der Waals surface area contributed by atoms with Gasteiger partial charge in [0, 0.05) is 30.5 Å². The van der Waals surface area contributed by atoms with E-state index in [1.165, 1.54) is 30.0 Å². The zero-order valence-electron chi connectivity index (χ0n) is 17.4. The van der Waals surface area contributed by atoms with E-state index in [-0.39, 0.29) is 24.2 Å². The molecule has 1 aliphatic heterocycles. The molecule has 1 unspecified atom stereocenters. The number of ketones is 1. The maximum absolute atomic E-state index is 12.5. The first-order chi connectivity index (χ1) is 14.9. The molecule has 1 aliphatic rings. The average molecular weight is 461 g/mol. The molecule has 0 radical (unpaired) electrons. The van der Waals surface area contributed by atoms with Crippen LogP contribution in [0.3, 0.4) is 0 Å². The molecule has 1 saturated heterocycles. The number of amides is 2. The second kappa shape index (κ2) is 10.6. The van der Waals surface area contributed by atoms with Crippen molar-refractivity contribution in [2.24, 2.45) is 5.92 Å². The predicted octanol–water partition coefficient (Wildman–Crippen LogP) is 3.71. The Bertz CT molecular complexity index is 974. The molecule has 1 N–H and O–H groups in total. The van der Waals surface area contributed by atoms with Gasteiger partial charge in [-0.2, -0.15) is 0 Å². The van der Waals surface area contributed by atoms with Gasteiger partial charge >= 0.3 is 5.97 Å². The van der Waals surface area contributed by atoms with E-state index in [1.807, 2.05) is 17.7 Å². The van der Waals surface area contributed by atoms with Crippen molar-refractivity contribution in [1.29, 1.82) is 0 Å².